The van der Waals surface area contributed by atoms with Gasteiger partial charge in [0.15, 0.2) is 0 Å². The van der Waals surface area contributed by atoms with Gasteiger partial charge in [0.05, 0.1) is 11.4 Å². The first kappa shape index (κ1) is 7.73. The summed E-state index contributed by atoms with van der Waals surface area (Å²) in [4.78, 5) is 0. The maximum absolute atomic E-state index is 7.56. The molecule has 0 aromatic carbocycles. The number of nitrogens with zero attached hydrogens (tertiary/aromatic N) is 1. The van der Waals surface area contributed by atoms with Crippen molar-refractivity contribution in [2.45, 2.75) is 0 Å². The summed E-state index contributed by atoms with van der Waals surface area (Å²) in [5.41, 5.74) is 2.98. The van der Waals surface area contributed by atoms with Crippen LogP contribution in [-0.4, -0.2) is 15.9 Å². The number of hydrogen-bond donors (Lipinski definition) is 2. The predicted molar refractivity (Wildman–Crippen MR) is 52.6 cm³/mol. The first-order chi connectivity index (χ1) is 6.27. The third kappa shape index (κ3) is 1.36. The van der Waals surface area contributed by atoms with Crippen molar-refractivity contribution in [1.29, 1.82) is 5.41 Å². The Morgan fingerprint density at radius 3 is 2.85 bits per heavy atom. The van der Waals surface area contributed by atoms with Crippen molar-refractivity contribution >= 4 is 11.3 Å². The maximum Gasteiger partial charge on any atom is 0.0921 e. The van der Waals surface area contributed by atoms with Crippen LogP contribution in [0.1, 0.15) is 5.69 Å². The van der Waals surface area contributed by atoms with Gasteiger partial charge in [0, 0.05) is 11.8 Å². The van der Waals surface area contributed by atoms with Crippen molar-refractivity contribution < 1.29 is 0 Å². The van der Waals surface area contributed by atoms with Gasteiger partial charge in [0.2, 0.25) is 0 Å². The van der Waals surface area contributed by atoms with E-state index in [0.717, 1.165) is 16.8 Å². The minimum absolute atomic E-state index is 0.445. The predicted octanol–water partition coefficient (Wildman–Crippen LogP) is 1.94. The smallest absolute Gasteiger partial charge is 0.0921 e. The Labute approximate surface area is 76.0 Å². The van der Waals surface area contributed by atoms with Crippen LogP contribution < -0.4 is 0 Å². The Hall–Kier alpha value is -1.90. The lowest BCUT2D eigenvalue weighted by atomic mass is 10.00. The van der Waals surface area contributed by atoms with Crippen LogP contribution in [0.3, 0.4) is 0 Å². The van der Waals surface area contributed by atoms with Gasteiger partial charge in [-0.2, -0.15) is 5.10 Å². The summed E-state index contributed by atoms with van der Waals surface area (Å²) in [6, 6.07) is 1.87. The first-order valence-corrected chi connectivity index (χ1v) is 3.95. The van der Waals surface area contributed by atoms with Crippen molar-refractivity contribution in [1.82, 2.24) is 10.2 Å². The van der Waals surface area contributed by atoms with E-state index >= 15 is 0 Å². The van der Waals surface area contributed by atoms with Crippen LogP contribution >= 0.6 is 0 Å². The average Bonchev–Trinajstić information content (AvgIpc) is 2.62. The van der Waals surface area contributed by atoms with Crippen molar-refractivity contribution in [3.63, 3.8) is 0 Å². The molecule has 0 fully saturated rings. The molecule has 0 unspecified atom stereocenters. The minimum Gasteiger partial charge on any atom is -0.300 e. The molecule has 3 heteroatoms. The van der Waals surface area contributed by atoms with Gasteiger partial charge in [-0.05, 0) is 17.7 Å². The number of rotatable bonds is 1. The first-order valence-electron chi connectivity index (χ1n) is 3.95. The third-order valence-corrected chi connectivity index (χ3v) is 1.91. The molecule has 0 bridgehead atoms. The van der Waals surface area contributed by atoms with Crippen LogP contribution in [0.2, 0.25) is 0 Å². The SMILES string of the molecule is C=C1C=CC(c2cc[nH]n2)=CC1=N. The van der Waals surface area contributed by atoms with E-state index in [1.807, 2.05) is 18.2 Å². The van der Waals surface area contributed by atoms with Gasteiger partial charge in [-0.3, -0.25) is 5.10 Å². The van der Waals surface area contributed by atoms with Crippen LogP contribution in [0.15, 0.2) is 42.6 Å². The van der Waals surface area contributed by atoms with Crippen LogP contribution in [0.4, 0.5) is 0 Å². The van der Waals surface area contributed by atoms with E-state index in [1.54, 1.807) is 12.3 Å². The third-order valence-electron chi connectivity index (χ3n) is 1.91. The second-order valence-corrected chi connectivity index (χ2v) is 2.83. The molecule has 1 aliphatic rings. The molecule has 1 aliphatic carbocycles. The molecule has 0 amide bonds. The molecule has 2 N–H and O–H groups in total. The van der Waals surface area contributed by atoms with E-state index in [2.05, 4.69) is 16.8 Å². The molecule has 2 rings (SSSR count). The monoisotopic (exact) mass is 171 g/mol. The fourth-order valence-corrected chi connectivity index (χ4v) is 1.16. The van der Waals surface area contributed by atoms with Crippen LogP contribution in [0.5, 0.6) is 0 Å². The van der Waals surface area contributed by atoms with Crippen LogP contribution in [-0.2, 0) is 0 Å². The van der Waals surface area contributed by atoms with E-state index in [-0.39, 0.29) is 0 Å². The highest BCUT2D eigenvalue weighted by Crippen LogP contribution is 2.19. The molecule has 1 aromatic rings. The van der Waals surface area contributed by atoms with Crippen molar-refractivity contribution in [3.05, 3.63) is 48.3 Å². The number of H-pyrrole nitrogens is 1. The lowest BCUT2D eigenvalue weighted by molar-refractivity contribution is 1.08. The molecule has 1 aromatic heterocycles. The molecule has 0 spiro atoms. The summed E-state index contributed by atoms with van der Waals surface area (Å²) in [7, 11) is 0. The highest BCUT2D eigenvalue weighted by molar-refractivity contribution is 6.14. The largest absolute Gasteiger partial charge is 0.300 e. The zero-order chi connectivity index (χ0) is 9.26. The highest BCUT2D eigenvalue weighted by atomic mass is 15.1. The molecule has 0 radical (unpaired) electrons. The molecule has 64 valence electrons. The Morgan fingerprint density at radius 2 is 2.23 bits per heavy atom. The lowest BCUT2D eigenvalue weighted by Gasteiger charge is -2.06. The lowest BCUT2D eigenvalue weighted by Crippen LogP contribution is -1.99. The van der Waals surface area contributed by atoms with Crippen molar-refractivity contribution in [2.24, 2.45) is 0 Å². The summed E-state index contributed by atoms with van der Waals surface area (Å²) in [5.74, 6) is 0. The number of hydrogen-bond acceptors (Lipinski definition) is 2. The Balaban J connectivity index is 2.38. The van der Waals surface area contributed by atoms with E-state index in [9.17, 15) is 0 Å². The van der Waals surface area contributed by atoms with Crippen molar-refractivity contribution in [3.8, 4) is 0 Å². The van der Waals surface area contributed by atoms with Gasteiger partial charge >= 0.3 is 0 Å². The van der Waals surface area contributed by atoms with E-state index in [0.29, 0.717) is 5.71 Å². The highest BCUT2D eigenvalue weighted by Gasteiger charge is 2.07. The molecular formula is C10H9N3. The Bertz CT molecular complexity index is 407. The minimum atomic E-state index is 0.445. The van der Waals surface area contributed by atoms with E-state index < -0.39 is 0 Å². The zero-order valence-electron chi connectivity index (χ0n) is 7.04. The molecule has 0 aliphatic heterocycles. The fourth-order valence-electron chi connectivity index (χ4n) is 1.16. The van der Waals surface area contributed by atoms with Gasteiger partial charge in [0.1, 0.15) is 0 Å². The quantitative estimate of drug-likeness (QED) is 0.666. The van der Waals surface area contributed by atoms with Gasteiger partial charge in [0.25, 0.3) is 0 Å². The second-order valence-electron chi connectivity index (χ2n) is 2.83. The van der Waals surface area contributed by atoms with E-state index in [1.165, 1.54) is 0 Å². The average molecular weight is 171 g/mol. The standard InChI is InChI=1S/C10H9N3/c1-7-2-3-8(6-9(7)11)10-4-5-12-13-10/h2-6,11H,1H2,(H,12,13). The summed E-state index contributed by atoms with van der Waals surface area (Å²) < 4.78 is 0. The summed E-state index contributed by atoms with van der Waals surface area (Å²) >= 11 is 0. The summed E-state index contributed by atoms with van der Waals surface area (Å²) in [6.45, 7) is 3.73. The summed E-state index contributed by atoms with van der Waals surface area (Å²) in [6.07, 6.45) is 7.26. The molecular weight excluding hydrogens is 162 g/mol. The Morgan fingerprint density at radius 1 is 1.38 bits per heavy atom. The molecule has 3 nitrogen and oxygen atoms in total. The van der Waals surface area contributed by atoms with Gasteiger partial charge in [-0.25, -0.2) is 0 Å². The number of allylic oxidation sites excluding steroid dienone is 5. The molecule has 13 heavy (non-hydrogen) atoms. The molecule has 0 atom stereocenters. The molecule has 1 heterocycles. The maximum atomic E-state index is 7.56. The second kappa shape index (κ2) is 2.86. The Kier molecular flexibility index (Phi) is 1.70. The molecule has 0 saturated heterocycles. The van der Waals surface area contributed by atoms with Gasteiger partial charge < -0.3 is 5.41 Å². The topological polar surface area (TPSA) is 52.5 Å². The van der Waals surface area contributed by atoms with Gasteiger partial charge in [-0.1, -0.05) is 18.7 Å². The number of aromatic amines is 1. The van der Waals surface area contributed by atoms with Crippen LogP contribution in [0, 0.1) is 5.41 Å². The molecule has 0 saturated carbocycles. The van der Waals surface area contributed by atoms with Crippen molar-refractivity contribution in [2.75, 3.05) is 0 Å². The normalized spacial score (nSPS) is 16.2. The summed E-state index contributed by atoms with van der Waals surface area (Å²) in [5, 5.41) is 14.3. The number of aromatic nitrogens is 2. The van der Waals surface area contributed by atoms with Crippen LogP contribution in [0.25, 0.3) is 5.57 Å². The van der Waals surface area contributed by atoms with E-state index in [4.69, 9.17) is 5.41 Å². The van der Waals surface area contributed by atoms with Gasteiger partial charge in [-0.15, -0.1) is 0 Å². The number of nitrogens with one attached hydrogen (secondary N) is 2. The fraction of sp³-hybridized carbons (Fsp3) is 0. The zero-order valence-corrected chi connectivity index (χ0v) is 7.04.